The Morgan fingerprint density at radius 3 is 2.70 bits per heavy atom. The van der Waals surface area contributed by atoms with E-state index in [0.29, 0.717) is 28.9 Å². The van der Waals surface area contributed by atoms with Crippen molar-refractivity contribution in [3.63, 3.8) is 0 Å². The number of carbonyl (C=O) groups is 2. The smallest absolute Gasteiger partial charge is 0.317 e. The number of rotatable bonds is 7. The molecule has 146 valence electrons. The molecule has 0 atom stereocenters. The van der Waals surface area contributed by atoms with E-state index in [4.69, 9.17) is 9.63 Å². The van der Waals surface area contributed by atoms with Gasteiger partial charge in [0, 0.05) is 17.8 Å². The maximum Gasteiger partial charge on any atom is 0.317 e. The second-order valence-electron chi connectivity index (χ2n) is 7.47. The number of pyridine rings is 1. The molecule has 2 heterocycles. The predicted molar refractivity (Wildman–Crippen MR) is 99.8 cm³/mol. The summed E-state index contributed by atoms with van der Waals surface area (Å²) in [6, 6.07) is 1.99. The largest absolute Gasteiger partial charge is 0.480 e. The fourth-order valence-corrected chi connectivity index (χ4v) is 3.61. The van der Waals surface area contributed by atoms with Gasteiger partial charge in [-0.2, -0.15) is 0 Å². The molecule has 0 saturated heterocycles. The van der Waals surface area contributed by atoms with Crippen LogP contribution in [0.5, 0.6) is 0 Å². The van der Waals surface area contributed by atoms with Crippen LogP contribution in [0.3, 0.4) is 0 Å². The first-order valence-corrected chi connectivity index (χ1v) is 9.33. The average Bonchev–Trinajstić information content (AvgIpc) is 2.98. The lowest BCUT2D eigenvalue weighted by Crippen LogP contribution is -2.54. The van der Waals surface area contributed by atoms with Crippen molar-refractivity contribution in [3.05, 3.63) is 23.0 Å². The first-order chi connectivity index (χ1) is 12.8. The maximum absolute atomic E-state index is 12.9. The minimum Gasteiger partial charge on any atom is -0.480 e. The number of hydrogen-bond donors (Lipinski definition) is 2. The zero-order valence-corrected chi connectivity index (χ0v) is 16.2. The van der Waals surface area contributed by atoms with E-state index in [2.05, 4.69) is 15.5 Å². The summed E-state index contributed by atoms with van der Waals surface area (Å²) in [5.74, 6) is -0.877. The summed E-state index contributed by atoms with van der Waals surface area (Å²) < 4.78 is 5.32. The fraction of sp³-hybridized carbons (Fsp3) is 0.579. The Kier molecular flexibility index (Phi) is 5.46. The first-order valence-electron chi connectivity index (χ1n) is 9.33. The van der Waals surface area contributed by atoms with Crippen molar-refractivity contribution < 1.29 is 19.2 Å². The van der Waals surface area contributed by atoms with E-state index in [1.54, 1.807) is 6.07 Å². The van der Waals surface area contributed by atoms with Gasteiger partial charge in [-0.1, -0.05) is 25.9 Å². The molecule has 27 heavy (non-hydrogen) atoms. The van der Waals surface area contributed by atoms with Crippen molar-refractivity contribution in [2.45, 2.75) is 58.5 Å². The Labute approximate surface area is 157 Å². The van der Waals surface area contributed by atoms with Gasteiger partial charge in [0.25, 0.3) is 11.6 Å². The van der Waals surface area contributed by atoms with Gasteiger partial charge in [0.1, 0.15) is 0 Å². The Morgan fingerprint density at radius 2 is 2.11 bits per heavy atom. The molecule has 0 spiro atoms. The average molecular weight is 374 g/mol. The second-order valence-corrected chi connectivity index (χ2v) is 7.47. The predicted octanol–water partition coefficient (Wildman–Crippen LogP) is 2.32. The molecule has 1 fully saturated rings. The van der Waals surface area contributed by atoms with Crippen molar-refractivity contribution in [3.8, 4) is 0 Å². The Morgan fingerprint density at radius 1 is 1.41 bits per heavy atom. The highest BCUT2D eigenvalue weighted by molar-refractivity contribution is 6.06. The minimum absolute atomic E-state index is 0.0322. The van der Waals surface area contributed by atoms with Crippen LogP contribution >= 0.6 is 0 Å². The maximum atomic E-state index is 12.9. The number of likely N-dealkylation sites (N-methyl/N-ethyl adjacent to an activating group) is 1. The van der Waals surface area contributed by atoms with Crippen LogP contribution in [-0.2, 0) is 4.79 Å². The third-order valence-corrected chi connectivity index (χ3v) is 5.10. The van der Waals surface area contributed by atoms with Gasteiger partial charge in [-0.15, -0.1) is 0 Å². The number of amides is 1. The van der Waals surface area contributed by atoms with Crippen LogP contribution in [0.4, 0.5) is 0 Å². The van der Waals surface area contributed by atoms with E-state index < -0.39 is 5.97 Å². The number of carboxylic acid groups (broad SMARTS) is 1. The summed E-state index contributed by atoms with van der Waals surface area (Å²) in [6.07, 6.45) is 1.50. The number of aliphatic carboxylic acids is 1. The summed E-state index contributed by atoms with van der Waals surface area (Å²) in [4.78, 5) is 30.1. The van der Waals surface area contributed by atoms with Gasteiger partial charge in [-0.3, -0.25) is 14.5 Å². The number of fused-ring (bicyclic) bond motifs is 1. The standard InChI is InChI=1S/C19H26N4O4/c1-5-23(9-15(24)25)13-7-12(8-13)21-18(26)14-6-11(4)20-19-16(14)17(10(2)3)22-27-19/h6,10,12-13H,5,7-9H2,1-4H3,(H,21,26)(H,24,25). The van der Waals surface area contributed by atoms with Crippen molar-refractivity contribution in [2.24, 2.45) is 0 Å². The highest BCUT2D eigenvalue weighted by Gasteiger charge is 2.35. The van der Waals surface area contributed by atoms with Gasteiger partial charge < -0.3 is 14.9 Å². The summed E-state index contributed by atoms with van der Waals surface area (Å²) in [5.41, 5.74) is 2.34. The van der Waals surface area contributed by atoms with E-state index >= 15 is 0 Å². The quantitative estimate of drug-likeness (QED) is 0.765. The number of nitrogens with one attached hydrogen (secondary N) is 1. The lowest BCUT2D eigenvalue weighted by molar-refractivity contribution is -0.139. The van der Waals surface area contributed by atoms with Crippen molar-refractivity contribution in [2.75, 3.05) is 13.1 Å². The zero-order valence-electron chi connectivity index (χ0n) is 16.2. The lowest BCUT2D eigenvalue weighted by atomic mass is 9.85. The van der Waals surface area contributed by atoms with Crippen LogP contribution in [-0.4, -0.2) is 57.2 Å². The number of nitrogens with zero attached hydrogens (tertiary/aromatic N) is 3. The van der Waals surface area contributed by atoms with Crippen molar-refractivity contribution in [1.29, 1.82) is 0 Å². The molecule has 0 aliphatic heterocycles. The summed E-state index contributed by atoms with van der Waals surface area (Å²) in [7, 11) is 0. The molecule has 1 amide bonds. The van der Waals surface area contributed by atoms with Crippen LogP contribution in [0.2, 0.25) is 0 Å². The Balaban J connectivity index is 1.73. The summed E-state index contributed by atoms with van der Waals surface area (Å²) >= 11 is 0. The van der Waals surface area contributed by atoms with Crippen molar-refractivity contribution in [1.82, 2.24) is 20.4 Å². The summed E-state index contributed by atoms with van der Waals surface area (Å²) in [5, 5.41) is 16.8. The zero-order chi connectivity index (χ0) is 19.7. The molecule has 1 aliphatic rings. The highest BCUT2D eigenvalue weighted by atomic mass is 16.5. The molecule has 2 aromatic rings. The van der Waals surface area contributed by atoms with Crippen molar-refractivity contribution >= 4 is 23.0 Å². The lowest BCUT2D eigenvalue weighted by Gasteiger charge is -2.42. The van der Waals surface area contributed by atoms with Gasteiger partial charge in [0.15, 0.2) is 0 Å². The molecule has 0 radical (unpaired) electrons. The van der Waals surface area contributed by atoms with Gasteiger partial charge in [-0.05, 0) is 38.3 Å². The third-order valence-electron chi connectivity index (χ3n) is 5.10. The molecule has 2 N–H and O–H groups in total. The normalized spacial score (nSPS) is 19.5. The number of carboxylic acids is 1. The first kappa shape index (κ1) is 19.3. The number of aromatic nitrogens is 2. The molecule has 2 aromatic heterocycles. The van der Waals surface area contributed by atoms with E-state index in [1.807, 2.05) is 32.6 Å². The van der Waals surface area contributed by atoms with Gasteiger partial charge in [0.2, 0.25) is 0 Å². The van der Waals surface area contributed by atoms with E-state index in [0.717, 1.165) is 18.5 Å². The van der Waals surface area contributed by atoms with Crippen LogP contribution in [0.1, 0.15) is 61.3 Å². The molecular formula is C19H26N4O4. The van der Waals surface area contributed by atoms with Crippen LogP contribution in [0.15, 0.2) is 10.6 Å². The third kappa shape index (κ3) is 3.95. The molecular weight excluding hydrogens is 348 g/mol. The fourth-order valence-electron chi connectivity index (χ4n) is 3.61. The molecule has 1 saturated carbocycles. The molecule has 0 unspecified atom stereocenters. The molecule has 3 rings (SSSR count). The van der Waals surface area contributed by atoms with Gasteiger partial charge in [-0.25, -0.2) is 4.98 Å². The number of aryl methyl sites for hydroxylation is 1. The molecule has 0 bridgehead atoms. The van der Waals surface area contributed by atoms with E-state index in [9.17, 15) is 9.59 Å². The topological polar surface area (TPSA) is 109 Å². The summed E-state index contributed by atoms with van der Waals surface area (Å²) in [6.45, 7) is 8.47. The number of carbonyl (C=O) groups excluding carboxylic acids is 1. The van der Waals surface area contributed by atoms with Gasteiger partial charge >= 0.3 is 5.97 Å². The molecule has 0 aromatic carbocycles. The van der Waals surface area contributed by atoms with Crippen LogP contribution < -0.4 is 5.32 Å². The molecule has 8 nitrogen and oxygen atoms in total. The molecule has 8 heteroatoms. The highest BCUT2D eigenvalue weighted by Crippen LogP contribution is 2.29. The monoisotopic (exact) mass is 374 g/mol. The Hall–Kier alpha value is -2.48. The Bertz CT molecular complexity index is 855. The second kappa shape index (κ2) is 7.64. The number of hydrogen-bond acceptors (Lipinski definition) is 6. The van der Waals surface area contributed by atoms with Crippen LogP contribution in [0.25, 0.3) is 11.1 Å². The van der Waals surface area contributed by atoms with E-state index in [-0.39, 0.29) is 30.5 Å². The van der Waals surface area contributed by atoms with Crippen LogP contribution in [0, 0.1) is 6.92 Å². The molecule has 1 aliphatic carbocycles. The van der Waals surface area contributed by atoms with Gasteiger partial charge in [0.05, 0.1) is 23.2 Å². The van der Waals surface area contributed by atoms with E-state index in [1.165, 1.54) is 0 Å². The SMILES string of the molecule is CCN(CC(=O)O)C1CC(NC(=O)c2cc(C)nc3onc(C(C)C)c23)C1. The minimum atomic E-state index is -0.826.